The van der Waals surface area contributed by atoms with E-state index in [9.17, 15) is 4.39 Å². The van der Waals surface area contributed by atoms with Gasteiger partial charge in [0.05, 0.1) is 29.9 Å². The van der Waals surface area contributed by atoms with Crippen LogP contribution in [0.5, 0.6) is 0 Å². The fourth-order valence-electron chi connectivity index (χ4n) is 3.56. The van der Waals surface area contributed by atoms with Crippen molar-refractivity contribution in [3.63, 3.8) is 0 Å². The van der Waals surface area contributed by atoms with Crippen LogP contribution in [0.1, 0.15) is 19.9 Å². The van der Waals surface area contributed by atoms with Crippen LogP contribution in [0.3, 0.4) is 0 Å². The van der Waals surface area contributed by atoms with Gasteiger partial charge in [-0.15, -0.1) is 0 Å². The van der Waals surface area contributed by atoms with Crippen LogP contribution in [-0.4, -0.2) is 40.6 Å². The lowest BCUT2D eigenvalue weighted by Crippen LogP contribution is -2.12. The number of anilines is 1. The molecule has 156 valence electrons. The highest BCUT2D eigenvalue weighted by molar-refractivity contribution is 5.85. The summed E-state index contributed by atoms with van der Waals surface area (Å²) in [5, 5.41) is 3.38. The Morgan fingerprint density at radius 2 is 1.94 bits per heavy atom. The molecule has 0 spiro atoms. The molecule has 31 heavy (non-hydrogen) atoms. The Morgan fingerprint density at radius 3 is 2.77 bits per heavy atom. The standard InChI is InChI=1S/C22H21FN8/c1-14(2)31-13-27-19-21(25-7-8-30-12-26-17-5-3-4-6-18(17)30)28-20(29-22(19)31)15-9-16(23)11-24-10-15/h3-6,9-14H,7-8H2,1-2H3,(H,25,28,29). The molecule has 5 aromatic rings. The molecule has 9 heteroatoms. The van der Waals surface area contributed by atoms with Gasteiger partial charge in [0, 0.05) is 30.9 Å². The van der Waals surface area contributed by atoms with Gasteiger partial charge >= 0.3 is 0 Å². The zero-order chi connectivity index (χ0) is 21.4. The summed E-state index contributed by atoms with van der Waals surface area (Å²) in [6.07, 6.45) is 6.31. The molecule has 0 aliphatic heterocycles. The summed E-state index contributed by atoms with van der Waals surface area (Å²) in [4.78, 5) is 22.2. The van der Waals surface area contributed by atoms with Gasteiger partial charge in [0.2, 0.25) is 0 Å². The second-order valence-electron chi connectivity index (χ2n) is 7.56. The summed E-state index contributed by atoms with van der Waals surface area (Å²) >= 11 is 0. The lowest BCUT2D eigenvalue weighted by atomic mass is 10.2. The first-order chi connectivity index (χ1) is 15.1. The van der Waals surface area contributed by atoms with Crippen molar-refractivity contribution >= 4 is 28.0 Å². The lowest BCUT2D eigenvalue weighted by molar-refractivity contribution is 0.612. The minimum atomic E-state index is -0.431. The van der Waals surface area contributed by atoms with Crippen LogP contribution in [0, 0.1) is 5.82 Å². The number of hydrogen-bond acceptors (Lipinski definition) is 6. The van der Waals surface area contributed by atoms with E-state index < -0.39 is 5.82 Å². The smallest absolute Gasteiger partial charge is 0.166 e. The van der Waals surface area contributed by atoms with Gasteiger partial charge in [-0.25, -0.2) is 24.3 Å². The zero-order valence-electron chi connectivity index (χ0n) is 17.2. The molecular weight excluding hydrogens is 395 g/mol. The maximum absolute atomic E-state index is 13.7. The number of aromatic nitrogens is 7. The van der Waals surface area contributed by atoms with Gasteiger partial charge in [-0.1, -0.05) is 12.1 Å². The number of halogens is 1. The van der Waals surface area contributed by atoms with Crippen molar-refractivity contribution in [2.24, 2.45) is 0 Å². The van der Waals surface area contributed by atoms with E-state index in [0.29, 0.717) is 41.5 Å². The third-order valence-corrected chi connectivity index (χ3v) is 5.11. The van der Waals surface area contributed by atoms with Gasteiger partial charge in [0.25, 0.3) is 0 Å². The molecule has 0 amide bonds. The minimum absolute atomic E-state index is 0.170. The summed E-state index contributed by atoms with van der Waals surface area (Å²) in [6, 6.07) is 9.56. The highest BCUT2D eigenvalue weighted by Crippen LogP contribution is 2.26. The molecular formula is C22H21FN8. The molecule has 1 N–H and O–H groups in total. The van der Waals surface area contributed by atoms with Gasteiger partial charge in [0.15, 0.2) is 17.3 Å². The summed E-state index contributed by atoms with van der Waals surface area (Å²) in [5.74, 6) is 0.575. The Labute approximate surface area is 177 Å². The number of hydrogen-bond donors (Lipinski definition) is 1. The largest absolute Gasteiger partial charge is 0.366 e. The predicted octanol–water partition coefficient (Wildman–Crippen LogP) is 4.07. The third-order valence-electron chi connectivity index (χ3n) is 5.11. The molecule has 8 nitrogen and oxygen atoms in total. The van der Waals surface area contributed by atoms with Crippen molar-refractivity contribution in [2.45, 2.75) is 26.4 Å². The number of para-hydroxylation sites is 2. The maximum Gasteiger partial charge on any atom is 0.166 e. The predicted molar refractivity (Wildman–Crippen MR) is 117 cm³/mol. The second kappa shape index (κ2) is 7.75. The van der Waals surface area contributed by atoms with Crippen molar-refractivity contribution in [1.29, 1.82) is 0 Å². The molecule has 4 aromatic heterocycles. The number of nitrogens with one attached hydrogen (secondary N) is 1. The molecule has 1 aromatic carbocycles. The molecule has 0 unspecified atom stereocenters. The number of imidazole rings is 2. The molecule has 0 bridgehead atoms. The maximum atomic E-state index is 13.7. The van der Waals surface area contributed by atoms with E-state index >= 15 is 0 Å². The summed E-state index contributed by atoms with van der Waals surface area (Å²) in [6.45, 7) is 5.43. The highest BCUT2D eigenvalue weighted by Gasteiger charge is 2.16. The Hall–Kier alpha value is -3.88. The van der Waals surface area contributed by atoms with Crippen molar-refractivity contribution in [1.82, 2.24) is 34.1 Å². The van der Waals surface area contributed by atoms with Crippen molar-refractivity contribution in [3.05, 3.63) is 61.2 Å². The van der Waals surface area contributed by atoms with Gasteiger partial charge < -0.3 is 14.5 Å². The van der Waals surface area contributed by atoms with E-state index in [4.69, 9.17) is 0 Å². The second-order valence-corrected chi connectivity index (χ2v) is 7.56. The average Bonchev–Trinajstić information content (AvgIpc) is 3.38. The Kier molecular flexibility index (Phi) is 4.78. The van der Waals surface area contributed by atoms with Crippen LogP contribution in [0.2, 0.25) is 0 Å². The molecule has 0 atom stereocenters. The SMILES string of the molecule is CC(C)n1cnc2c(NCCn3cnc4ccccc43)nc(-c3cncc(F)c3)nc21. The van der Waals surface area contributed by atoms with Gasteiger partial charge in [-0.3, -0.25) is 4.98 Å². The summed E-state index contributed by atoms with van der Waals surface area (Å²) in [5.41, 5.74) is 3.93. The Bertz CT molecular complexity index is 1370. The van der Waals surface area contributed by atoms with Gasteiger partial charge in [-0.05, 0) is 32.0 Å². The molecule has 0 aliphatic carbocycles. The molecule has 0 saturated heterocycles. The van der Waals surface area contributed by atoms with Crippen LogP contribution in [0.4, 0.5) is 10.2 Å². The van der Waals surface area contributed by atoms with Crippen molar-refractivity contribution in [2.75, 3.05) is 11.9 Å². The number of rotatable bonds is 6. The average molecular weight is 416 g/mol. The summed E-state index contributed by atoms with van der Waals surface area (Å²) in [7, 11) is 0. The van der Waals surface area contributed by atoms with E-state index in [2.05, 4.69) is 48.7 Å². The molecule has 0 saturated carbocycles. The fourth-order valence-corrected chi connectivity index (χ4v) is 3.56. The lowest BCUT2D eigenvalue weighted by Gasteiger charge is -2.12. The normalized spacial score (nSPS) is 11.6. The van der Waals surface area contributed by atoms with E-state index in [0.717, 1.165) is 17.2 Å². The van der Waals surface area contributed by atoms with Crippen LogP contribution in [0.25, 0.3) is 33.6 Å². The highest BCUT2D eigenvalue weighted by atomic mass is 19.1. The van der Waals surface area contributed by atoms with Gasteiger partial charge in [0.1, 0.15) is 11.3 Å². The summed E-state index contributed by atoms with van der Waals surface area (Å²) < 4.78 is 17.8. The Morgan fingerprint density at radius 1 is 1.06 bits per heavy atom. The van der Waals surface area contributed by atoms with E-state index in [1.165, 1.54) is 6.07 Å². The number of fused-ring (bicyclic) bond motifs is 2. The number of pyridine rings is 1. The van der Waals surface area contributed by atoms with Crippen LogP contribution in [-0.2, 0) is 6.54 Å². The van der Waals surface area contributed by atoms with E-state index in [1.807, 2.05) is 35.2 Å². The van der Waals surface area contributed by atoms with Crippen molar-refractivity contribution < 1.29 is 4.39 Å². The Balaban J connectivity index is 1.49. The molecule has 5 rings (SSSR count). The fraction of sp³-hybridized carbons (Fsp3) is 0.227. The topological polar surface area (TPSA) is 86.3 Å². The first-order valence-corrected chi connectivity index (χ1v) is 10.1. The number of nitrogens with zero attached hydrogens (tertiary/aromatic N) is 7. The first kappa shape index (κ1) is 19.1. The number of benzene rings is 1. The quantitative estimate of drug-likeness (QED) is 0.449. The van der Waals surface area contributed by atoms with Crippen LogP contribution >= 0.6 is 0 Å². The first-order valence-electron chi connectivity index (χ1n) is 10.1. The van der Waals surface area contributed by atoms with Crippen LogP contribution < -0.4 is 5.32 Å². The molecule has 0 aliphatic rings. The zero-order valence-corrected chi connectivity index (χ0v) is 17.2. The molecule has 0 radical (unpaired) electrons. The molecule has 4 heterocycles. The molecule has 0 fully saturated rings. The third kappa shape index (κ3) is 3.58. The van der Waals surface area contributed by atoms with Gasteiger partial charge in [-0.2, -0.15) is 0 Å². The van der Waals surface area contributed by atoms with Crippen LogP contribution in [0.15, 0.2) is 55.4 Å². The van der Waals surface area contributed by atoms with E-state index in [-0.39, 0.29) is 6.04 Å². The monoisotopic (exact) mass is 416 g/mol. The van der Waals surface area contributed by atoms with E-state index in [1.54, 1.807) is 12.5 Å². The van der Waals surface area contributed by atoms with Crippen molar-refractivity contribution in [3.8, 4) is 11.4 Å². The minimum Gasteiger partial charge on any atom is -0.366 e.